The summed E-state index contributed by atoms with van der Waals surface area (Å²) in [4.78, 5) is 12.7. The van der Waals surface area contributed by atoms with Crippen molar-refractivity contribution in [1.29, 1.82) is 0 Å². The van der Waals surface area contributed by atoms with Crippen molar-refractivity contribution < 1.29 is 9.90 Å². The zero-order valence-electron chi connectivity index (χ0n) is 14.1. The number of aryl methyl sites for hydroxylation is 1. The molecule has 1 atom stereocenters. The Bertz CT molecular complexity index is 841. The second-order valence-corrected chi connectivity index (χ2v) is 6.03. The summed E-state index contributed by atoms with van der Waals surface area (Å²) in [7, 11) is 0. The van der Waals surface area contributed by atoms with Gasteiger partial charge in [0.2, 0.25) is 0 Å². The first-order chi connectivity index (χ1) is 12.2. The number of nitrogens with one attached hydrogen (secondary N) is 1. The van der Waals surface area contributed by atoms with Gasteiger partial charge in [0.05, 0.1) is 12.6 Å². The first-order valence-electron chi connectivity index (χ1n) is 8.30. The second-order valence-electron chi connectivity index (χ2n) is 6.03. The van der Waals surface area contributed by atoms with Gasteiger partial charge in [0, 0.05) is 5.56 Å². The van der Waals surface area contributed by atoms with Gasteiger partial charge in [0.15, 0.2) is 0 Å². The lowest BCUT2D eigenvalue weighted by molar-refractivity contribution is 0.0943. The number of amides is 1. The fourth-order valence-corrected chi connectivity index (χ4v) is 2.87. The summed E-state index contributed by atoms with van der Waals surface area (Å²) in [6.45, 7) is 2.02. The Morgan fingerprint density at radius 1 is 0.920 bits per heavy atom. The highest BCUT2D eigenvalue weighted by atomic mass is 16.3. The predicted octanol–water partition coefficient (Wildman–Crippen LogP) is 4.01. The van der Waals surface area contributed by atoms with Crippen LogP contribution in [-0.2, 0) is 6.61 Å². The van der Waals surface area contributed by atoms with E-state index in [1.54, 1.807) is 24.3 Å². The van der Waals surface area contributed by atoms with Crippen molar-refractivity contribution in [3.63, 3.8) is 0 Å². The zero-order valence-corrected chi connectivity index (χ0v) is 14.1. The van der Waals surface area contributed by atoms with Crippen LogP contribution in [0.25, 0.3) is 0 Å². The number of aliphatic hydroxyl groups is 1. The highest BCUT2D eigenvalue weighted by Gasteiger charge is 2.19. The minimum absolute atomic E-state index is 0.0300. The number of benzene rings is 3. The monoisotopic (exact) mass is 331 g/mol. The minimum atomic E-state index is -0.215. The molecule has 0 radical (unpaired) electrons. The number of carbonyl (C=O) groups excluding carboxylic acids is 1. The summed E-state index contributed by atoms with van der Waals surface area (Å²) < 4.78 is 0. The van der Waals surface area contributed by atoms with Gasteiger partial charge in [-0.05, 0) is 41.3 Å². The van der Waals surface area contributed by atoms with E-state index in [0.29, 0.717) is 5.56 Å². The van der Waals surface area contributed by atoms with Crippen molar-refractivity contribution in [3.05, 3.63) is 107 Å². The maximum absolute atomic E-state index is 12.7. The van der Waals surface area contributed by atoms with E-state index in [1.807, 2.05) is 61.5 Å². The smallest absolute Gasteiger partial charge is 0.252 e. The van der Waals surface area contributed by atoms with Crippen molar-refractivity contribution in [3.8, 4) is 0 Å². The Kier molecular flexibility index (Phi) is 5.26. The number of carbonyl (C=O) groups is 1. The highest BCUT2D eigenvalue weighted by Crippen LogP contribution is 2.25. The fraction of sp³-hybridized carbons (Fsp3) is 0.136. The van der Waals surface area contributed by atoms with Crippen LogP contribution in [0.3, 0.4) is 0 Å². The third kappa shape index (κ3) is 3.95. The normalized spacial score (nSPS) is 11.8. The van der Waals surface area contributed by atoms with Crippen molar-refractivity contribution in [1.82, 2.24) is 5.32 Å². The summed E-state index contributed by atoms with van der Waals surface area (Å²) in [5, 5.41) is 12.3. The molecule has 0 aromatic heterocycles. The summed E-state index contributed by atoms with van der Waals surface area (Å²) >= 11 is 0. The topological polar surface area (TPSA) is 49.3 Å². The average Bonchev–Trinajstić information content (AvgIpc) is 2.67. The molecule has 0 fully saturated rings. The molecule has 2 N–H and O–H groups in total. The molecule has 0 spiro atoms. The third-order valence-electron chi connectivity index (χ3n) is 4.31. The lowest BCUT2D eigenvalue weighted by Gasteiger charge is -2.22. The van der Waals surface area contributed by atoms with Gasteiger partial charge in [-0.2, -0.15) is 0 Å². The zero-order chi connectivity index (χ0) is 17.6. The first-order valence-corrected chi connectivity index (χ1v) is 8.30. The van der Waals surface area contributed by atoms with E-state index < -0.39 is 0 Å². The highest BCUT2D eigenvalue weighted by molar-refractivity contribution is 5.94. The molecule has 3 nitrogen and oxygen atoms in total. The summed E-state index contributed by atoms with van der Waals surface area (Å²) in [5.41, 5.74) is 4.61. The minimum Gasteiger partial charge on any atom is -0.392 e. The molecular formula is C22H21NO2. The molecule has 0 heterocycles. The van der Waals surface area contributed by atoms with Gasteiger partial charge in [0.1, 0.15) is 0 Å². The van der Waals surface area contributed by atoms with Crippen LogP contribution in [-0.4, -0.2) is 11.0 Å². The molecule has 25 heavy (non-hydrogen) atoms. The largest absolute Gasteiger partial charge is 0.392 e. The van der Waals surface area contributed by atoms with E-state index in [1.165, 1.54) is 0 Å². The van der Waals surface area contributed by atoms with Crippen LogP contribution < -0.4 is 5.32 Å². The van der Waals surface area contributed by atoms with Crippen LogP contribution in [0.4, 0.5) is 0 Å². The van der Waals surface area contributed by atoms with Gasteiger partial charge in [-0.15, -0.1) is 0 Å². The van der Waals surface area contributed by atoms with E-state index in [0.717, 1.165) is 22.3 Å². The maximum atomic E-state index is 12.7. The fourth-order valence-electron chi connectivity index (χ4n) is 2.87. The molecule has 0 aliphatic rings. The predicted molar refractivity (Wildman–Crippen MR) is 99.3 cm³/mol. The lowest BCUT2D eigenvalue weighted by Crippen LogP contribution is -2.29. The van der Waals surface area contributed by atoms with Crippen LogP contribution in [0.15, 0.2) is 78.9 Å². The molecule has 3 heteroatoms. The van der Waals surface area contributed by atoms with Crippen LogP contribution in [0, 0.1) is 6.92 Å². The molecule has 0 bridgehead atoms. The first kappa shape index (κ1) is 16.9. The van der Waals surface area contributed by atoms with Gasteiger partial charge in [-0.25, -0.2) is 0 Å². The molecule has 1 amide bonds. The number of rotatable bonds is 5. The van der Waals surface area contributed by atoms with Crippen molar-refractivity contribution >= 4 is 5.91 Å². The van der Waals surface area contributed by atoms with Crippen molar-refractivity contribution in [2.24, 2.45) is 0 Å². The second kappa shape index (κ2) is 7.77. The molecule has 126 valence electrons. The van der Waals surface area contributed by atoms with Crippen LogP contribution >= 0.6 is 0 Å². The number of hydrogen-bond acceptors (Lipinski definition) is 2. The van der Waals surface area contributed by atoms with E-state index in [2.05, 4.69) is 5.32 Å². The van der Waals surface area contributed by atoms with E-state index in [4.69, 9.17) is 5.11 Å². The molecule has 0 aliphatic carbocycles. The molecule has 3 aromatic carbocycles. The standard InChI is InChI=1S/C22H21NO2/c1-16-7-5-6-10-20(16)21(18-8-3-2-4-9-18)23-22(25)19-13-11-17(15-24)12-14-19/h2-14,21,24H,15H2,1H3,(H,23,25). The average molecular weight is 331 g/mol. The maximum Gasteiger partial charge on any atom is 0.252 e. The van der Waals surface area contributed by atoms with E-state index >= 15 is 0 Å². The Balaban J connectivity index is 1.92. The number of hydrogen-bond donors (Lipinski definition) is 2. The lowest BCUT2D eigenvalue weighted by atomic mass is 9.94. The van der Waals surface area contributed by atoms with Crippen LogP contribution in [0.2, 0.25) is 0 Å². The van der Waals surface area contributed by atoms with Gasteiger partial charge in [0.25, 0.3) is 5.91 Å². The van der Waals surface area contributed by atoms with Crippen LogP contribution in [0.5, 0.6) is 0 Å². The van der Waals surface area contributed by atoms with Gasteiger partial charge in [-0.1, -0.05) is 66.7 Å². The SMILES string of the molecule is Cc1ccccc1C(NC(=O)c1ccc(CO)cc1)c1ccccc1. The Hall–Kier alpha value is -2.91. The molecular weight excluding hydrogens is 310 g/mol. The van der Waals surface area contributed by atoms with Gasteiger partial charge < -0.3 is 10.4 Å². The summed E-state index contributed by atoms with van der Waals surface area (Å²) in [6.07, 6.45) is 0. The Labute approximate surface area is 148 Å². The van der Waals surface area contributed by atoms with Gasteiger partial charge in [-0.3, -0.25) is 4.79 Å². The Morgan fingerprint density at radius 3 is 2.20 bits per heavy atom. The number of aliphatic hydroxyl groups excluding tert-OH is 1. The van der Waals surface area contributed by atoms with Crippen LogP contribution in [0.1, 0.15) is 38.7 Å². The van der Waals surface area contributed by atoms with E-state index in [-0.39, 0.29) is 18.6 Å². The quantitative estimate of drug-likeness (QED) is 0.742. The molecule has 3 rings (SSSR count). The molecule has 0 saturated heterocycles. The third-order valence-corrected chi connectivity index (χ3v) is 4.31. The summed E-state index contributed by atoms with van der Waals surface area (Å²) in [5.74, 6) is -0.137. The summed E-state index contributed by atoms with van der Waals surface area (Å²) in [6, 6.07) is 24.8. The van der Waals surface area contributed by atoms with Gasteiger partial charge >= 0.3 is 0 Å². The molecule has 1 unspecified atom stereocenters. The Morgan fingerprint density at radius 2 is 1.56 bits per heavy atom. The molecule has 0 aliphatic heterocycles. The van der Waals surface area contributed by atoms with E-state index in [9.17, 15) is 4.79 Å². The molecule has 3 aromatic rings. The molecule has 0 saturated carbocycles. The van der Waals surface area contributed by atoms with Crippen molar-refractivity contribution in [2.45, 2.75) is 19.6 Å². The van der Waals surface area contributed by atoms with Crippen molar-refractivity contribution in [2.75, 3.05) is 0 Å².